The van der Waals surface area contributed by atoms with Gasteiger partial charge in [0.2, 0.25) is 0 Å². The monoisotopic (exact) mass is 320 g/mol. The molecule has 0 unspecified atom stereocenters. The van der Waals surface area contributed by atoms with E-state index in [0.717, 1.165) is 17.8 Å². The zero-order chi connectivity index (χ0) is 15.4. The molecule has 3 heteroatoms. The summed E-state index contributed by atoms with van der Waals surface area (Å²) < 4.78 is 0. The Kier molecular flexibility index (Phi) is 2.94. The molecule has 4 fully saturated rings. The number of rotatable bonds is 2. The van der Waals surface area contributed by atoms with Crippen LogP contribution in [0.25, 0.3) is 15.3 Å². The van der Waals surface area contributed by atoms with Crippen LogP contribution >= 0.6 is 11.3 Å². The van der Waals surface area contributed by atoms with Crippen molar-refractivity contribution in [2.45, 2.75) is 43.9 Å². The third kappa shape index (κ3) is 2.16. The lowest BCUT2D eigenvalue weighted by atomic mass is 9.50. The molecule has 0 atom stereocenters. The van der Waals surface area contributed by atoms with Gasteiger partial charge in [0.15, 0.2) is 5.69 Å². The van der Waals surface area contributed by atoms with Crippen molar-refractivity contribution < 1.29 is 0 Å². The predicted octanol–water partition coefficient (Wildman–Crippen LogP) is 5.83. The fraction of sp³-hybridized carbons (Fsp3) is 0.500. The van der Waals surface area contributed by atoms with E-state index in [-0.39, 0.29) is 0 Å². The van der Waals surface area contributed by atoms with Crippen LogP contribution in [-0.2, 0) is 5.41 Å². The summed E-state index contributed by atoms with van der Waals surface area (Å²) in [6.45, 7) is 7.07. The Bertz CT molecular complexity index is 745. The maximum Gasteiger partial charge on any atom is 0.187 e. The van der Waals surface area contributed by atoms with E-state index in [1.807, 2.05) is 23.5 Å². The molecule has 0 N–H and O–H groups in total. The quantitative estimate of drug-likeness (QED) is 0.636. The fourth-order valence-electron chi connectivity index (χ4n) is 5.73. The summed E-state index contributed by atoms with van der Waals surface area (Å²) in [6.07, 6.45) is 10.6. The van der Waals surface area contributed by atoms with Crippen LogP contribution in [0.3, 0.4) is 0 Å². The highest BCUT2D eigenvalue weighted by Crippen LogP contribution is 2.61. The largest absolute Gasteiger partial charge is 0.248 e. The van der Waals surface area contributed by atoms with Gasteiger partial charge in [-0.2, -0.15) is 0 Å². The Labute approximate surface area is 141 Å². The van der Waals surface area contributed by atoms with Crippen molar-refractivity contribution in [2.24, 2.45) is 17.8 Å². The molecule has 1 heterocycles. The van der Waals surface area contributed by atoms with Gasteiger partial charge in [-0.05, 0) is 61.8 Å². The predicted molar refractivity (Wildman–Crippen MR) is 93.7 cm³/mol. The summed E-state index contributed by atoms with van der Waals surface area (Å²) >= 11 is 1.90. The Morgan fingerprint density at radius 2 is 1.61 bits per heavy atom. The van der Waals surface area contributed by atoms with Crippen LogP contribution in [0.2, 0.25) is 0 Å². The smallest absolute Gasteiger partial charge is 0.187 e. The third-order valence-corrected chi connectivity index (χ3v) is 7.57. The minimum absolute atomic E-state index is 0.397. The summed E-state index contributed by atoms with van der Waals surface area (Å²) in [6, 6.07) is 7.94. The van der Waals surface area contributed by atoms with Gasteiger partial charge in [0, 0.05) is 11.6 Å². The molecule has 4 saturated carbocycles. The van der Waals surface area contributed by atoms with Gasteiger partial charge in [0.1, 0.15) is 0 Å². The Morgan fingerprint density at radius 3 is 2.17 bits per heavy atom. The molecule has 0 amide bonds. The van der Waals surface area contributed by atoms with Gasteiger partial charge in [-0.1, -0.05) is 24.3 Å². The molecule has 4 aliphatic carbocycles. The highest BCUT2D eigenvalue weighted by molar-refractivity contribution is 7.15. The first-order chi connectivity index (χ1) is 11.2. The van der Waals surface area contributed by atoms with Crippen molar-refractivity contribution in [1.29, 1.82) is 0 Å². The normalized spacial score (nSPS) is 34.5. The summed E-state index contributed by atoms with van der Waals surface area (Å²) in [4.78, 5) is 9.62. The van der Waals surface area contributed by atoms with E-state index in [0.29, 0.717) is 11.1 Å². The highest BCUT2D eigenvalue weighted by atomic mass is 32.1. The maximum absolute atomic E-state index is 7.07. The number of hydrogen-bond donors (Lipinski definition) is 0. The third-order valence-electron chi connectivity index (χ3n) is 6.28. The van der Waals surface area contributed by atoms with Crippen molar-refractivity contribution in [1.82, 2.24) is 4.98 Å². The average molecular weight is 320 g/mol. The van der Waals surface area contributed by atoms with Gasteiger partial charge >= 0.3 is 0 Å². The molecular formula is C20H20N2S. The maximum atomic E-state index is 7.07. The van der Waals surface area contributed by atoms with Gasteiger partial charge < -0.3 is 0 Å². The lowest BCUT2D eigenvalue weighted by molar-refractivity contribution is -0.00527. The first kappa shape index (κ1) is 13.7. The van der Waals surface area contributed by atoms with E-state index in [4.69, 9.17) is 11.6 Å². The van der Waals surface area contributed by atoms with Crippen LogP contribution in [0.4, 0.5) is 5.69 Å². The van der Waals surface area contributed by atoms with Gasteiger partial charge in [0.05, 0.1) is 16.5 Å². The first-order valence-corrected chi connectivity index (χ1v) is 9.50. The van der Waals surface area contributed by atoms with Gasteiger partial charge in [0.25, 0.3) is 0 Å². The Balaban J connectivity index is 1.48. The molecule has 0 aliphatic heterocycles. The number of thiazole rings is 1. The first-order valence-electron chi connectivity index (χ1n) is 8.68. The van der Waals surface area contributed by atoms with Gasteiger partial charge in [-0.3, -0.25) is 0 Å². The van der Waals surface area contributed by atoms with Crippen LogP contribution < -0.4 is 0 Å². The molecule has 1 aromatic heterocycles. The molecule has 0 spiro atoms. The molecule has 2 aromatic rings. The van der Waals surface area contributed by atoms with Crippen molar-refractivity contribution in [3.63, 3.8) is 0 Å². The van der Waals surface area contributed by atoms with Crippen LogP contribution in [0.1, 0.15) is 43.5 Å². The topological polar surface area (TPSA) is 17.2 Å². The number of aromatic nitrogens is 1. The molecule has 0 radical (unpaired) electrons. The summed E-state index contributed by atoms with van der Waals surface area (Å²) in [5, 5.41) is 1.39. The van der Waals surface area contributed by atoms with Crippen LogP contribution in [0.5, 0.6) is 0 Å². The second-order valence-corrected chi connectivity index (χ2v) is 8.92. The van der Waals surface area contributed by atoms with Crippen LogP contribution in [-0.4, -0.2) is 4.98 Å². The van der Waals surface area contributed by atoms with Gasteiger partial charge in [-0.25, -0.2) is 9.83 Å². The van der Waals surface area contributed by atoms with Gasteiger partial charge in [-0.15, -0.1) is 11.3 Å². The molecule has 6 rings (SSSR count). The van der Waals surface area contributed by atoms with E-state index in [2.05, 4.69) is 23.2 Å². The molecule has 4 bridgehead atoms. The minimum Gasteiger partial charge on any atom is -0.248 e. The van der Waals surface area contributed by atoms with Crippen LogP contribution in [0, 0.1) is 24.3 Å². The molecule has 23 heavy (non-hydrogen) atoms. The number of hydrogen-bond acceptors (Lipinski definition) is 2. The standard InChI is InChI=1S/C20H20N2S/c1-21-17-4-2-16(3-5-17)18-12-22-19(23-18)20-9-13-6-14(10-20)8-15(7-13)11-20/h2-5,12-15H,6-11H2. The van der Waals surface area contributed by atoms with Crippen molar-refractivity contribution in [2.75, 3.05) is 0 Å². The molecule has 0 saturated heterocycles. The average Bonchev–Trinajstić information content (AvgIpc) is 3.04. The van der Waals surface area contributed by atoms with Crippen molar-refractivity contribution in [3.05, 3.63) is 46.9 Å². The van der Waals surface area contributed by atoms with E-state index >= 15 is 0 Å². The van der Waals surface area contributed by atoms with E-state index < -0.39 is 0 Å². The zero-order valence-corrected chi connectivity index (χ0v) is 14.0. The van der Waals surface area contributed by atoms with Crippen molar-refractivity contribution >= 4 is 17.0 Å². The highest BCUT2D eigenvalue weighted by Gasteiger charge is 2.52. The van der Waals surface area contributed by atoms with E-state index in [1.165, 1.54) is 54.0 Å². The second-order valence-electron chi connectivity index (χ2n) is 7.89. The number of nitrogens with zero attached hydrogens (tertiary/aromatic N) is 2. The molecule has 116 valence electrons. The zero-order valence-electron chi connectivity index (χ0n) is 13.2. The second kappa shape index (κ2) is 4.92. The molecule has 2 nitrogen and oxygen atoms in total. The SMILES string of the molecule is [C-]#[N+]c1ccc(-c2cnc(C34CC5CC(CC(C5)C3)C4)s2)cc1. The van der Waals surface area contributed by atoms with E-state index in [9.17, 15) is 0 Å². The lowest BCUT2D eigenvalue weighted by Gasteiger charge is -2.56. The summed E-state index contributed by atoms with van der Waals surface area (Å²) in [7, 11) is 0. The number of benzene rings is 1. The molecular weight excluding hydrogens is 300 g/mol. The minimum atomic E-state index is 0.397. The molecule has 1 aromatic carbocycles. The van der Waals surface area contributed by atoms with Crippen LogP contribution in [0.15, 0.2) is 30.5 Å². The van der Waals surface area contributed by atoms with Crippen molar-refractivity contribution in [3.8, 4) is 10.4 Å². The Hall–Kier alpha value is -1.66. The van der Waals surface area contributed by atoms with E-state index in [1.54, 1.807) is 0 Å². The fourth-order valence-corrected chi connectivity index (χ4v) is 6.87. The Morgan fingerprint density at radius 1 is 1.00 bits per heavy atom. The lowest BCUT2D eigenvalue weighted by Crippen LogP contribution is -2.48. The summed E-state index contributed by atoms with van der Waals surface area (Å²) in [5.74, 6) is 2.89. The summed E-state index contributed by atoms with van der Waals surface area (Å²) in [5.41, 5.74) is 2.30. The molecule has 4 aliphatic rings.